The van der Waals surface area contributed by atoms with Crippen molar-refractivity contribution in [3.63, 3.8) is 0 Å². The molecule has 0 fully saturated rings. The Morgan fingerprint density at radius 3 is 2.65 bits per heavy atom. The van der Waals surface area contributed by atoms with Gasteiger partial charge in [0.15, 0.2) is 17.6 Å². The molecule has 134 valence electrons. The van der Waals surface area contributed by atoms with E-state index in [-0.39, 0.29) is 11.9 Å². The van der Waals surface area contributed by atoms with Crippen molar-refractivity contribution < 1.29 is 19.0 Å². The lowest BCUT2D eigenvalue weighted by Crippen LogP contribution is -2.37. The van der Waals surface area contributed by atoms with Gasteiger partial charge in [0.1, 0.15) is 25.0 Å². The molecule has 2 atom stereocenters. The molecule has 2 unspecified atom stereocenters. The largest absolute Gasteiger partial charge is 0.486 e. The van der Waals surface area contributed by atoms with E-state index in [0.29, 0.717) is 36.0 Å². The maximum atomic E-state index is 12.4. The van der Waals surface area contributed by atoms with Crippen molar-refractivity contribution in [2.24, 2.45) is 0 Å². The number of amides is 1. The Morgan fingerprint density at radius 1 is 1.15 bits per heavy atom. The zero-order valence-corrected chi connectivity index (χ0v) is 14.7. The van der Waals surface area contributed by atoms with Crippen LogP contribution in [0.2, 0.25) is 0 Å². The normalized spacial score (nSPS) is 14.7. The Balaban J connectivity index is 1.64. The first-order valence-electron chi connectivity index (χ1n) is 8.44. The number of rotatable bonds is 5. The molecule has 2 aromatic carbocycles. The number of nitriles is 1. The lowest BCUT2D eigenvalue weighted by molar-refractivity contribution is -0.127. The third-order valence-electron chi connectivity index (χ3n) is 4.11. The van der Waals surface area contributed by atoms with E-state index in [9.17, 15) is 4.79 Å². The van der Waals surface area contributed by atoms with E-state index in [1.165, 1.54) is 0 Å². The van der Waals surface area contributed by atoms with Gasteiger partial charge in [-0.2, -0.15) is 5.26 Å². The summed E-state index contributed by atoms with van der Waals surface area (Å²) in [5, 5.41) is 12.0. The summed E-state index contributed by atoms with van der Waals surface area (Å²) in [7, 11) is 0. The number of nitrogens with one attached hydrogen (secondary N) is 1. The maximum Gasteiger partial charge on any atom is 0.261 e. The monoisotopic (exact) mass is 352 g/mol. The van der Waals surface area contributed by atoms with Crippen LogP contribution in [0.25, 0.3) is 0 Å². The van der Waals surface area contributed by atoms with Crippen molar-refractivity contribution in [3.05, 3.63) is 53.6 Å². The van der Waals surface area contributed by atoms with Crippen molar-refractivity contribution in [3.8, 4) is 23.3 Å². The third-order valence-corrected chi connectivity index (χ3v) is 4.11. The minimum absolute atomic E-state index is 0.226. The number of para-hydroxylation sites is 1. The molecule has 0 saturated heterocycles. The van der Waals surface area contributed by atoms with E-state index in [2.05, 4.69) is 11.4 Å². The quantitative estimate of drug-likeness (QED) is 0.895. The summed E-state index contributed by atoms with van der Waals surface area (Å²) in [5.74, 6) is 1.52. The van der Waals surface area contributed by atoms with Gasteiger partial charge in [-0.1, -0.05) is 18.2 Å². The number of benzene rings is 2. The maximum absolute atomic E-state index is 12.4. The zero-order chi connectivity index (χ0) is 18.5. The van der Waals surface area contributed by atoms with E-state index >= 15 is 0 Å². The first kappa shape index (κ1) is 17.6. The molecule has 1 heterocycles. The second-order valence-electron chi connectivity index (χ2n) is 6.00. The lowest BCUT2D eigenvalue weighted by Gasteiger charge is -2.22. The predicted molar refractivity (Wildman–Crippen MR) is 95.2 cm³/mol. The summed E-state index contributed by atoms with van der Waals surface area (Å²) in [6, 6.07) is 14.3. The molecule has 0 aromatic heterocycles. The predicted octanol–water partition coefficient (Wildman–Crippen LogP) is 2.97. The Hall–Kier alpha value is -3.20. The van der Waals surface area contributed by atoms with E-state index in [4.69, 9.17) is 19.5 Å². The molecule has 6 nitrogen and oxygen atoms in total. The molecule has 0 aliphatic carbocycles. The highest BCUT2D eigenvalue weighted by Crippen LogP contribution is 2.32. The highest BCUT2D eigenvalue weighted by Gasteiger charge is 2.20. The van der Waals surface area contributed by atoms with Crippen LogP contribution in [0.3, 0.4) is 0 Å². The van der Waals surface area contributed by atoms with Gasteiger partial charge in [-0.05, 0) is 43.7 Å². The smallest absolute Gasteiger partial charge is 0.261 e. The highest BCUT2D eigenvalue weighted by molar-refractivity contribution is 5.81. The molecule has 26 heavy (non-hydrogen) atoms. The SMILES string of the molecule is CC(Oc1ccccc1C#N)C(=O)NC(C)c1ccc2c(c1)OCCO2. The number of carbonyl (C=O) groups excluding carboxylic acids is 1. The third kappa shape index (κ3) is 3.89. The van der Waals surface area contributed by atoms with Gasteiger partial charge in [-0.3, -0.25) is 4.79 Å². The second-order valence-corrected chi connectivity index (χ2v) is 6.00. The average Bonchev–Trinajstić information content (AvgIpc) is 2.67. The molecule has 2 aromatic rings. The number of fused-ring (bicyclic) bond motifs is 1. The van der Waals surface area contributed by atoms with E-state index in [0.717, 1.165) is 5.56 Å². The summed E-state index contributed by atoms with van der Waals surface area (Å²) in [5.41, 5.74) is 1.30. The minimum Gasteiger partial charge on any atom is -0.486 e. The van der Waals surface area contributed by atoms with Crippen molar-refractivity contribution >= 4 is 5.91 Å². The molecule has 1 aliphatic rings. The lowest BCUT2D eigenvalue weighted by atomic mass is 10.1. The van der Waals surface area contributed by atoms with Gasteiger partial charge in [-0.25, -0.2) is 0 Å². The Bertz CT molecular complexity index is 844. The van der Waals surface area contributed by atoms with Crippen LogP contribution in [-0.4, -0.2) is 25.2 Å². The van der Waals surface area contributed by atoms with Crippen LogP contribution in [0, 0.1) is 11.3 Å². The molecule has 0 radical (unpaired) electrons. The van der Waals surface area contributed by atoms with Crippen LogP contribution in [0.4, 0.5) is 0 Å². The molecule has 1 N–H and O–H groups in total. The number of nitrogens with zero attached hydrogens (tertiary/aromatic N) is 1. The van der Waals surface area contributed by atoms with Gasteiger partial charge in [-0.15, -0.1) is 0 Å². The number of hydrogen-bond acceptors (Lipinski definition) is 5. The summed E-state index contributed by atoms with van der Waals surface area (Å²) in [4.78, 5) is 12.4. The van der Waals surface area contributed by atoms with Crippen molar-refractivity contribution in [1.29, 1.82) is 5.26 Å². The van der Waals surface area contributed by atoms with Crippen LogP contribution in [0.15, 0.2) is 42.5 Å². The van der Waals surface area contributed by atoms with E-state index in [1.807, 2.05) is 25.1 Å². The van der Waals surface area contributed by atoms with Gasteiger partial charge in [0.25, 0.3) is 5.91 Å². The van der Waals surface area contributed by atoms with Crippen LogP contribution >= 0.6 is 0 Å². The van der Waals surface area contributed by atoms with E-state index in [1.54, 1.807) is 31.2 Å². The molecule has 1 aliphatic heterocycles. The van der Waals surface area contributed by atoms with Crippen molar-refractivity contribution in [2.45, 2.75) is 26.0 Å². The molecule has 3 rings (SSSR count). The second kappa shape index (κ2) is 7.79. The van der Waals surface area contributed by atoms with Crippen LogP contribution in [0.5, 0.6) is 17.2 Å². The molecule has 1 amide bonds. The number of carbonyl (C=O) groups is 1. The van der Waals surface area contributed by atoms with Crippen LogP contribution < -0.4 is 19.5 Å². The van der Waals surface area contributed by atoms with Crippen molar-refractivity contribution in [1.82, 2.24) is 5.32 Å². The van der Waals surface area contributed by atoms with E-state index < -0.39 is 6.10 Å². The summed E-state index contributed by atoms with van der Waals surface area (Å²) < 4.78 is 16.7. The summed E-state index contributed by atoms with van der Waals surface area (Å²) >= 11 is 0. The Labute approximate surface area is 152 Å². The Morgan fingerprint density at radius 2 is 1.88 bits per heavy atom. The molecular formula is C20H20N2O4. The number of ether oxygens (including phenoxy) is 3. The molecular weight excluding hydrogens is 332 g/mol. The van der Waals surface area contributed by atoms with Crippen LogP contribution in [-0.2, 0) is 4.79 Å². The van der Waals surface area contributed by atoms with Gasteiger partial charge in [0, 0.05) is 0 Å². The summed E-state index contributed by atoms with van der Waals surface area (Å²) in [6.45, 7) is 4.59. The molecule has 0 bridgehead atoms. The molecule has 6 heteroatoms. The van der Waals surface area contributed by atoms with Crippen LogP contribution in [0.1, 0.15) is 31.0 Å². The first-order valence-corrected chi connectivity index (χ1v) is 8.44. The fraction of sp³-hybridized carbons (Fsp3) is 0.300. The standard InChI is InChI=1S/C20H20N2O4/c1-13(15-7-8-18-19(11-15)25-10-9-24-18)22-20(23)14(2)26-17-6-4-3-5-16(17)12-21/h3-8,11,13-14H,9-10H2,1-2H3,(H,22,23). The van der Waals surface area contributed by atoms with Crippen molar-refractivity contribution in [2.75, 3.05) is 13.2 Å². The van der Waals surface area contributed by atoms with Gasteiger partial charge < -0.3 is 19.5 Å². The van der Waals surface area contributed by atoms with Gasteiger partial charge >= 0.3 is 0 Å². The zero-order valence-electron chi connectivity index (χ0n) is 14.7. The molecule has 0 saturated carbocycles. The minimum atomic E-state index is -0.732. The summed E-state index contributed by atoms with van der Waals surface area (Å²) in [6.07, 6.45) is -0.732. The fourth-order valence-electron chi connectivity index (χ4n) is 2.65. The first-order chi connectivity index (χ1) is 12.6. The molecule has 0 spiro atoms. The Kier molecular flexibility index (Phi) is 5.28. The fourth-order valence-corrected chi connectivity index (χ4v) is 2.65. The highest BCUT2D eigenvalue weighted by atomic mass is 16.6. The topological polar surface area (TPSA) is 80.6 Å². The van der Waals surface area contributed by atoms with Gasteiger partial charge in [0.2, 0.25) is 0 Å². The average molecular weight is 352 g/mol. The number of hydrogen-bond donors (Lipinski definition) is 1. The van der Waals surface area contributed by atoms with Gasteiger partial charge in [0.05, 0.1) is 11.6 Å².